The predicted octanol–water partition coefficient (Wildman–Crippen LogP) is 4.00. The number of carbonyl (C=O) groups is 2. The molecule has 1 fully saturated rings. The van der Waals surface area contributed by atoms with Gasteiger partial charge in [0.1, 0.15) is 0 Å². The number of rotatable bonds is 4. The summed E-state index contributed by atoms with van der Waals surface area (Å²) in [6, 6.07) is 4.09. The number of nitrogens with zero attached hydrogens (tertiary/aromatic N) is 2. The van der Waals surface area contributed by atoms with Gasteiger partial charge in [-0.05, 0) is 63.9 Å². The van der Waals surface area contributed by atoms with Gasteiger partial charge in [-0.15, -0.1) is 11.3 Å². The first-order chi connectivity index (χ1) is 16.6. The van der Waals surface area contributed by atoms with Gasteiger partial charge in [0, 0.05) is 34.0 Å². The van der Waals surface area contributed by atoms with Crippen molar-refractivity contribution in [1.29, 1.82) is 0 Å². The molecule has 2 aliphatic rings. The predicted molar refractivity (Wildman–Crippen MR) is 141 cm³/mol. The largest absolute Gasteiger partial charge is 0.366 e. The van der Waals surface area contributed by atoms with Crippen LogP contribution >= 0.6 is 11.3 Å². The molecule has 0 radical (unpaired) electrons. The number of carbonyl (C=O) groups excluding carboxylic acids is 2. The lowest BCUT2D eigenvalue weighted by Crippen LogP contribution is -2.46. The molecular formula is C27H35N5O2S. The maximum atomic E-state index is 13.1. The average Bonchev–Trinajstić information content (AvgIpc) is 3.44. The van der Waals surface area contributed by atoms with Gasteiger partial charge in [0.25, 0.3) is 5.91 Å². The first-order valence-corrected chi connectivity index (χ1v) is 13.4. The fourth-order valence-corrected chi connectivity index (χ4v) is 6.63. The molecule has 1 aliphatic carbocycles. The van der Waals surface area contributed by atoms with Gasteiger partial charge in [0.15, 0.2) is 0 Å². The minimum atomic E-state index is -0.447. The molecule has 0 spiro atoms. The summed E-state index contributed by atoms with van der Waals surface area (Å²) in [6.45, 7) is 8.55. The molecule has 1 aromatic carbocycles. The Morgan fingerprint density at radius 2 is 1.94 bits per heavy atom. The fraction of sp³-hybridized carbons (Fsp3) is 0.519. The third-order valence-electron chi connectivity index (χ3n) is 7.56. The molecule has 3 heterocycles. The number of thiazole rings is 1. The third kappa shape index (κ3) is 4.49. The van der Waals surface area contributed by atoms with Crippen LogP contribution < -0.4 is 11.1 Å². The van der Waals surface area contributed by atoms with E-state index >= 15 is 0 Å². The van der Waals surface area contributed by atoms with E-state index in [1.807, 2.05) is 17.6 Å². The van der Waals surface area contributed by atoms with E-state index in [9.17, 15) is 9.59 Å². The summed E-state index contributed by atoms with van der Waals surface area (Å²) >= 11 is 1.63. The minimum absolute atomic E-state index is 0.0655. The molecule has 8 heteroatoms. The summed E-state index contributed by atoms with van der Waals surface area (Å²) in [6.07, 6.45) is 4.24. The van der Waals surface area contributed by atoms with Crippen LogP contribution in [0.15, 0.2) is 17.6 Å². The van der Waals surface area contributed by atoms with Gasteiger partial charge >= 0.3 is 0 Å². The van der Waals surface area contributed by atoms with E-state index in [4.69, 9.17) is 5.73 Å². The van der Waals surface area contributed by atoms with Crippen LogP contribution in [0, 0.1) is 5.92 Å². The number of primary amides is 1. The lowest BCUT2D eigenvalue weighted by atomic mass is 9.84. The summed E-state index contributed by atoms with van der Waals surface area (Å²) in [5, 5.41) is 4.36. The SMILES string of the molecule is CN1CCC(NC(=O)C2CCc3c([nH]c4c(C(N)=O)ccc(-c5scnc5C(C)(C)C)c34)C2)CC1. The molecule has 1 atom stereocenters. The number of fused-ring (bicyclic) bond motifs is 3. The first-order valence-electron chi connectivity index (χ1n) is 12.5. The van der Waals surface area contributed by atoms with E-state index in [2.05, 4.69) is 48.0 Å². The molecule has 0 bridgehead atoms. The second-order valence-electron chi connectivity index (χ2n) is 11.2. The number of aryl methyl sites for hydroxylation is 1. The molecule has 1 unspecified atom stereocenters. The van der Waals surface area contributed by atoms with Crippen LogP contribution in [0.5, 0.6) is 0 Å². The number of aromatic nitrogens is 2. The number of benzene rings is 1. The van der Waals surface area contributed by atoms with Crippen molar-refractivity contribution in [2.24, 2.45) is 11.7 Å². The zero-order chi connectivity index (χ0) is 24.9. The van der Waals surface area contributed by atoms with Gasteiger partial charge in [-0.3, -0.25) is 9.59 Å². The fourth-order valence-electron chi connectivity index (χ4n) is 5.60. The molecule has 1 aliphatic heterocycles. The van der Waals surface area contributed by atoms with Gasteiger partial charge in [-0.1, -0.05) is 26.8 Å². The van der Waals surface area contributed by atoms with E-state index in [1.165, 1.54) is 5.56 Å². The number of piperidine rings is 1. The Hall–Kier alpha value is -2.71. The molecular weight excluding hydrogens is 458 g/mol. The highest BCUT2D eigenvalue weighted by Crippen LogP contribution is 2.43. The maximum Gasteiger partial charge on any atom is 0.250 e. The van der Waals surface area contributed by atoms with Gasteiger partial charge in [0.05, 0.1) is 27.2 Å². The van der Waals surface area contributed by atoms with Crippen LogP contribution in [0.1, 0.15) is 67.3 Å². The highest BCUT2D eigenvalue weighted by atomic mass is 32.1. The Kier molecular flexibility index (Phi) is 6.21. The molecule has 3 aromatic rings. The van der Waals surface area contributed by atoms with Crippen LogP contribution in [-0.4, -0.2) is 52.9 Å². The van der Waals surface area contributed by atoms with Crippen molar-refractivity contribution >= 4 is 34.1 Å². The average molecular weight is 494 g/mol. The Balaban J connectivity index is 1.50. The Bertz CT molecular complexity index is 1280. The van der Waals surface area contributed by atoms with Crippen molar-refractivity contribution < 1.29 is 9.59 Å². The van der Waals surface area contributed by atoms with Gasteiger partial charge in [-0.2, -0.15) is 0 Å². The number of likely N-dealkylation sites (tertiary alicyclic amines) is 1. The zero-order valence-electron chi connectivity index (χ0n) is 21.0. The number of aromatic amines is 1. The van der Waals surface area contributed by atoms with Crippen LogP contribution in [-0.2, 0) is 23.1 Å². The number of nitrogens with two attached hydrogens (primary N) is 1. The van der Waals surface area contributed by atoms with E-state index in [-0.39, 0.29) is 23.3 Å². The Morgan fingerprint density at radius 3 is 2.63 bits per heavy atom. The normalized spacial score (nSPS) is 19.6. The van der Waals surface area contributed by atoms with E-state index in [0.29, 0.717) is 12.0 Å². The summed E-state index contributed by atoms with van der Waals surface area (Å²) in [7, 11) is 2.13. The standard InChI is InChI=1S/C27H35N5O2S/c1-27(2,3)24-23(35-14-29-24)18-7-8-19(25(28)33)22-21(18)17-6-5-15(13-20(17)31-22)26(34)30-16-9-11-32(4)12-10-16/h7-8,14-16,31H,5-6,9-13H2,1-4H3,(H2,28,33)(H,30,34). The molecule has 5 rings (SSSR count). The molecule has 2 aromatic heterocycles. The van der Waals surface area contributed by atoms with E-state index in [1.54, 1.807) is 11.3 Å². The van der Waals surface area contributed by atoms with Gasteiger partial charge in [-0.25, -0.2) is 4.98 Å². The van der Waals surface area contributed by atoms with Gasteiger partial charge in [0.2, 0.25) is 5.91 Å². The van der Waals surface area contributed by atoms with Crippen molar-refractivity contribution in [3.63, 3.8) is 0 Å². The van der Waals surface area contributed by atoms with Crippen molar-refractivity contribution in [1.82, 2.24) is 20.2 Å². The Labute approximate surface area is 210 Å². The van der Waals surface area contributed by atoms with Crippen molar-refractivity contribution in [3.8, 4) is 10.4 Å². The Morgan fingerprint density at radius 1 is 1.20 bits per heavy atom. The molecule has 1 saturated heterocycles. The molecule has 35 heavy (non-hydrogen) atoms. The van der Waals surface area contributed by atoms with Gasteiger partial charge < -0.3 is 20.9 Å². The first kappa shape index (κ1) is 24.0. The topological polar surface area (TPSA) is 104 Å². The smallest absolute Gasteiger partial charge is 0.250 e. The molecule has 186 valence electrons. The molecule has 2 amide bonds. The third-order valence-corrected chi connectivity index (χ3v) is 8.42. The van der Waals surface area contributed by atoms with Crippen LogP contribution in [0.4, 0.5) is 0 Å². The quantitative estimate of drug-likeness (QED) is 0.511. The number of hydrogen-bond acceptors (Lipinski definition) is 5. The van der Waals surface area contributed by atoms with E-state index < -0.39 is 5.91 Å². The monoisotopic (exact) mass is 493 g/mol. The van der Waals surface area contributed by atoms with Crippen LogP contribution in [0.25, 0.3) is 21.3 Å². The number of nitrogens with one attached hydrogen (secondary N) is 2. The lowest BCUT2D eigenvalue weighted by Gasteiger charge is -2.31. The number of hydrogen-bond donors (Lipinski definition) is 3. The van der Waals surface area contributed by atoms with E-state index in [0.717, 1.165) is 71.5 Å². The maximum absolute atomic E-state index is 13.1. The minimum Gasteiger partial charge on any atom is -0.366 e. The lowest BCUT2D eigenvalue weighted by molar-refractivity contribution is -0.126. The molecule has 4 N–H and O–H groups in total. The van der Waals surface area contributed by atoms with Crippen LogP contribution in [0.2, 0.25) is 0 Å². The molecule has 7 nitrogen and oxygen atoms in total. The summed E-state index contributed by atoms with van der Waals surface area (Å²) in [5.41, 5.74) is 13.2. The zero-order valence-corrected chi connectivity index (χ0v) is 21.8. The highest BCUT2D eigenvalue weighted by molar-refractivity contribution is 7.13. The van der Waals surface area contributed by atoms with Crippen molar-refractivity contribution in [2.75, 3.05) is 20.1 Å². The van der Waals surface area contributed by atoms with Crippen molar-refractivity contribution in [3.05, 3.63) is 40.2 Å². The summed E-state index contributed by atoms with van der Waals surface area (Å²) in [4.78, 5) is 37.1. The summed E-state index contributed by atoms with van der Waals surface area (Å²) < 4.78 is 0. The van der Waals surface area contributed by atoms with Crippen LogP contribution in [0.3, 0.4) is 0 Å². The second kappa shape index (κ2) is 9.06. The second-order valence-corrected chi connectivity index (χ2v) is 12.0. The highest BCUT2D eigenvalue weighted by Gasteiger charge is 2.32. The number of H-pyrrole nitrogens is 1. The molecule has 0 saturated carbocycles. The summed E-state index contributed by atoms with van der Waals surface area (Å²) in [5.74, 6) is -0.363. The number of amides is 2. The van der Waals surface area contributed by atoms with Crippen molar-refractivity contribution in [2.45, 2.75) is 64.3 Å².